The summed E-state index contributed by atoms with van der Waals surface area (Å²) in [5.74, 6) is 0. The van der Waals surface area contributed by atoms with Crippen LogP contribution in [0.15, 0.2) is 5.11 Å². The lowest BCUT2D eigenvalue weighted by atomic mass is 10.0. The lowest BCUT2D eigenvalue weighted by Crippen LogP contribution is -2.57. The van der Waals surface area contributed by atoms with Gasteiger partial charge in [0.2, 0.25) is 0 Å². The van der Waals surface area contributed by atoms with E-state index in [9.17, 15) is 15.3 Å². The molecule has 17 heavy (non-hydrogen) atoms. The second kappa shape index (κ2) is 6.75. The molecule has 0 amide bonds. The van der Waals surface area contributed by atoms with Gasteiger partial charge in [0.15, 0.2) is 6.29 Å². The third kappa shape index (κ3) is 3.81. The van der Waals surface area contributed by atoms with Gasteiger partial charge in [-0.2, -0.15) is 0 Å². The number of rotatable bonds is 5. The Kier molecular flexibility index (Phi) is 5.63. The van der Waals surface area contributed by atoms with E-state index in [-0.39, 0.29) is 6.61 Å². The van der Waals surface area contributed by atoms with Gasteiger partial charge in [-0.15, -0.1) is 0 Å². The fraction of sp³-hybridized carbons (Fsp3) is 1.00. The maximum atomic E-state index is 9.59. The van der Waals surface area contributed by atoms with Crippen molar-refractivity contribution in [2.24, 2.45) is 5.11 Å². The third-order valence-electron chi connectivity index (χ3n) is 2.56. The lowest BCUT2D eigenvalue weighted by molar-refractivity contribution is -0.293. The first-order chi connectivity index (χ1) is 8.07. The molecule has 0 aromatic heterocycles. The van der Waals surface area contributed by atoms with Crippen LogP contribution in [0, 0.1) is 0 Å². The Hall–Kier alpha value is -0.890. The van der Waals surface area contributed by atoms with Crippen LogP contribution in [0.3, 0.4) is 0 Å². The van der Waals surface area contributed by atoms with Crippen LogP contribution in [0.1, 0.15) is 13.3 Å². The molecule has 1 unspecified atom stereocenters. The predicted octanol–water partition coefficient (Wildman–Crippen LogP) is -0.469. The lowest BCUT2D eigenvalue weighted by Gasteiger charge is -2.38. The molecule has 1 rings (SSSR count). The molecule has 98 valence electrons. The maximum absolute atomic E-state index is 9.59. The zero-order valence-corrected chi connectivity index (χ0v) is 9.51. The molecule has 0 aromatic carbocycles. The zero-order valence-electron chi connectivity index (χ0n) is 9.51. The summed E-state index contributed by atoms with van der Waals surface area (Å²) < 4.78 is 10.4. The molecule has 1 saturated heterocycles. The van der Waals surface area contributed by atoms with Crippen molar-refractivity contribution >= 4 is 0 Å². The van der Waals surface area contributed by atoms with Crippen molar-refractivity contribution in [2.45, 2.75) is 44.1 Å². The molecule has 1 heterocycles. The summed E-state index contributed by atoms with van der Waals surface area (Å²) in [5, 5.41) is 31.8. The van der Waals surface area contributed by atoms with Gasteiger partial charge in [-0.3, -0.25) is 0 Å². The van der Waals surface area contributed by atoms with E-state index < -0.39 is 30.7 Å². The molecule has 8 nitrogen and oxygen atoms in total. The standard InChI is InChI=1S/C9H17N3O5/c1-5-6(13)7(14)8(15)9(17-5)16-4-2-3-11-12-10/h5-9,13-15H,2-4H2,1H3/t5-,6+,7+,8-,9?/m0/s1. The third-order valence-corrected chi connectivity index (χ3v) is 2.56. The van der Waals surface area contributed by atoms with Gasteiger partial charge in [-0.1, -0.05) is 5.11 Å². The highest BCUT2D eigenvalue weighted by Gasteiger charge is 2.42. The fourth-order valence-corrected chi connectivity index (χ4v) is 1.53. The van der Waals surface area contributed by atoms with Gasteiger partial charge in [0.05, 0.1) is 6.10 Å². The zero-order chi connectivity index (χ0) is 12.8. The molecule has 0 aliphatic carbocycles. The average molecular weight is 247 g/mol. The van der Waals surface area contributed by atoms with Crippen LogP contribution >= 0.6 is 0 Å². The highest BCUT2D eigenvalue weighted by atomic mass is 16.7. The van der Waals surface area contributed by atoms with Crippen LogP contribution < -0.4 is 0 Å². The molecule has 3 N–H and O–H groups in total. The SMILES string of the molecule is C[C@@H]1OC(OCCCN=[N+]=[N-])[C@@H](O)[C@H](O)[C@@H]1O. The molecule has 0 aromatic rings. The van der Waals surface area contributed by atoms with Crippen molar-refractivity contribution < 1.29 is 24.8 Å². The van der Waals surface area contributed by atoms with Crippen LogP contribution in [0.2, 0.25) is 0 Å². The van der Waals surface area contributed by atoms with Crippen molar-refractivity contribution in [1.82, 2.24) is 0 Å². The summed E-state index contributed by atoms with van der Waals surface area (Å²) in [4.78, 5) is 2.58. The van der Waals surface area contributed by atoms with Gasteiger partial charge < -0.3 is 24.8 Å². The fourth-order valence-electron chi connectivity index (χ4n) is 1.53. The minimum Gasteiger partial charge on any atom is -0.388 e. The smallest absolute Gasteiger partial charge is 0.186 e. The van der Waals surface area contributed by atoms with Crippen molar-refractivity contribution in [3.05, 3.63) is 10.4 Å². The van der Waals surface area contributed by atoms with Crippen molar-refractivity contribution in [1.29, 1.82) is 0 Å². The molecule has 0 bridgehead atoms. The minimum atomic E-state index is -1.29. The highest BCUT2D eigenvalue weighted by molar-refractivity contribution is 4.87. The summed E-state index contributed by atoms with van der Waals surface area (Å²) >= 11 is 0. The van der Waals surface area contributed by atoms with E-state index in [1.54, 1.807) is 6.92 Å². The first kappa shape index (κ1) is 14.2. The van der Waals surface area contributed by atoms with Gasteiger partial charge in [-0.05, 0) is 18.9 Å². The first-order valence-electron chi connectivity index (χ1n) is 5.40. The minimum absolute atomic E-state index is 0.232. The molecule has 0 spiro atoms. The molecule has 0 saturated carbocycles. The summed E-state index contributed by atoms with van der Waals surface area (Å²) in [6.07, 6.45) is -4.82. The van der Waals surface area contributed by atoms with Gasteiger partial charge >= 0.3 is 0 Å². The van der Waals surface area contributed by atoms with Gasteiger partial charge in [0.25, 0.3) is 0 Å². The molecular weight excluding hydrogens is 230 g/mol. The monoisotopic (exact) mass is 247 g/mol. The van der Waals surface area contributed by atoms with E-state index in [1.165, 1.54) is 0 Å². The number of nitrogens with zero attached hydrogens (tertiary/aromatic N) is 3. The van der Waals surface area contributed by atoms with Gasteiger partial charge in [0, 0.05) is 18.1 Å². The summed E-state index contributed by atoms with van der Waals surface area (Å²) in [6, 6.07) is 0. The predicted molar refractivity (Wildman–Crippen MR) is 56.9 cm³/mol. The first-order valence-corrected chi connectivity index (χ1v) is 5.40. The Morgan fingerprint density at radius 3 is 2.65 bits per heavy atom. The van der Waals surface area contributed by atoms with Crippen molar-refractivity contribution in [3.63, 3.8) is 0 Å². The van der Waals surface area contributed by atoms with Crippen LogP contribution in [0.5, 0.6) is 0 Å². The van der Waals surface area contributed by atoms with Crippen molar-refractivity contribution in [2.75, 3.05) is 13.2 Å². The topological polar surface area (TPSA) is 128 Å². The van der Waals surface area contributed by atoms with Gasteiger partial charge in [-0.25, -0.2) is 0 Å². The van der Waals surface area contributed by atoms with E-state index in [4.69, 9.17) is 15.0 Å². The van der Waals surface area contributed by atoms with E-state index in [0.717, 1.165) is 0 Å². The van der Waals surface area contributed by atoms with Gasteiger partial charge in [0.1, 0.15) is 18.3 Å². The molecule has 8 heteroatoms. The Balaban J connectivity index is 2.35. The quantitative estimate of drug-likeness (QED) is 0.262. The van der Waals surface area contributed by atoms with Crippen LogP contribution in [0.4, 0.5) is 0 Å². The highest BCUT2D eigenvalue weighted by Crippen LogP contribution is 2.21. The molecular formula is C9H17N3O5. The van der Waals surface area contributed by atoms with E-state index in [1.807, 2.05) is 0 Å². The number of hydrogen-bond acceptors (Lipinski definition) is 6. The largest absolute Gasteiger partial charge is 0.388 e. The molecule has 1 aliphatic rings. The Morgan fingerprint density at radius 2 is 2.00 bits per heavy atom. The summed E-state index contributed by atoms with van der Waals surface area (Å²) in [6.45, 7) is 2.10. The summed E-state index contributed by atoms with van der Waals surface area (Å²) in [5.41, 5.74) is 8.05. The van der Waals surface area contributed by atoms with E-state index in [2.05, 4.69) is 10.0 Å². The molecule has 5 atom stereocenters. The second-order valence-electron chi connectivity index (χ2n) is 3.86. The van der Waals surface area contributed by atoms with Crippen LogP contribution in [-0.2, 0) is 9.47 Å². The van der Waals surface area contributed by atoms with E-state index in [0.29, 0.717) is 13.0 Å². The number of aliphatic hydroxyl groups is 3. The number of azide groups is 1. The van der Waals surface area contributed by atoms with Crippen LogP contribution in [0.25, 0.3) is 10.4 Å². The number of aliphatic hydroxyl groups excluding tert-OH is 3. The number of hydrogen-bond donors (Lipinski definition) is 3. The Morgan fingerprint density at radius 1 is 1.29 bits per heavy atom. The molecule has 1 aliphatic heterocycles. The molecule has 1 fully saturated rings. The maximum Gasteiger partial charge on any atom is 0.186 e. The second-order valence-corrected chi connectivity index (χ2v) is 3.86. The molecule has 0 radical (unpaired) electrons. The number of ether oxygens (including phenoxy) is 2. The van der Waals surface area contributed by atoms with E-state index >= 15 is 0 Å². The Bertz CT molecular complexity index is 284. The van der Waals surface area contributed by atoms with Crippen LogP contribution in [-0.4, -0.2) is 59.2 Å². The normalized spacial score (nSPS) is 37.5. The van der Waals surface area contributed by atoms with Crippen molar-refractivity contribution in [3.8, 4) is 0 Å². The Labute approximate surface area is 98.4 Å². The summed E-state index contributed by atoms with van der Waals surface area (Å²) in [7, 11) is 0. The average Bonchev–Trinajstić information content (AvgIpc) is 2.32.